The molecule has 0 aliphatic carbocycles. The second-order valence-corrected chi connectivity index (χ2v) is 6.13. The van der Waals surface area contributed by atoms with Gasteiger partial charge in [-0.3, -0.25) is 9.97 Å². The predicted octanol–water partition coefficient (Wildman–Crippen LogP) is 4.33. The molecule has 3 aromatic heterocycles. The van der Waals surface area contributed by atoms with Crippen molar-refractivity contribution in [1.82, 2.24) is 9.97 Å². The molecule has 0 aromatic carbocycles. The molecule has 1 saturated heterocycles. The molecule has 5 heteroatoms. The normalized spacial score (nSPS) is 18.5. The SMILES string of the molecule is Brc1cnc2c(N3CCCC3c3ccco3)ccnc2c1. The van der Waals surface area contributed by atoms with Gasteiger partial charge in [-0.2, -0.15) is 0 Å². The second kappa shape index (κ2) is 5.15. The van der Waals surface area contributed by atoms with Crippen LogP contribution in [0, 0.1) is 0 Å². The molecule has 3 aromatic rings. The van der Waals surface area contributed by atoms with Gasteiger partial charge in [-0.05, 0) is 53.0 Å². The fourth-order valence-electron chi connectivity index (χ4n) is 3.05. The fraction of sp³-hybridized carbons (Fsp3) is 0.250. The lowest BCUT2D eigenvalue weighted by atomic mass is 10.1. The van der Waals surface area contributed by atoms with Crippen LogP contribution in [0.25, 0.3) is 11.0 Å². The van der Waals surface area contributed by atoms with Gasteiger partial charge in [0.05, 0.1) is 23.5 Å². The van der Waals surface area contributed by atoms with E-state index in [1.54, 1.807) is 6.26 Å². The number of hydrogen-bond acceptors (Lipinski definition) is 4. The third-order valence-corrected chi connectivity index (χ3v) is 4.39. The first-order valence-corrected chi connectivity index (χ1v) is 7.82. The number of halogens is 1. The van der Waals surface area contributed by atoms with Crippen molar-refractivity contribution in [3.05, 3.63) is 53.2 Å². The zero-order valence-corrected chi connectivity index (χ0v) is 13.0. The Bertz CT molecular complexity index is 772. The molecule has 106 valence electrons. The summed E-state index contributed by atoms with van der Waals surface area (Å²) in [6.07, 6.45) is 7.68. The number of fused-ring (bicyclic) bond motifs is 1. The van der Waals surface area contributed by atoms with Crippen LogP contribution in [-0.4, -0.2) is 16.5 Å². The Labute approximate surface area is 130 Å². The van der Waals surface area contributed by atoms with Gasteiger partial charge < -0.3 is 9.32 Å². The summed E-state index contributed by atoms with van der Waals surface area (Å²) in [4.78, 5) is 11.4. The number of nitrogens with zero attached hydrogens (tertiary/aromatic N) is 3. The maximum Gasteiger partial charge on any atom is 0.126 e. The van der Waals surface area contributed by atoms with Crippen LogP contribution in [0.3, 0.4) is 0 Å². The third kappa shape index (κ3) is 2.21. The Balaban J connectivity index is 1.82. The maximum absolute atomic E-state index is 5.62. The number of pyridine rings is 2. The minimum absolute atomic E-state index is 0.288. The Hall–Kier alpha value is -1.88. The van der Waals surface area contributed by atoms with Crippen LogP contribution < -0.4 is 4.90 Å². The van der Waals surface area contributed by atoms with Gasteiger partial charge in [0.1, 0.15) is 11.3 Å². The van der Waals surface area contributed by atoms with Gasteiger partial charge in [-0.25, -0.2) is 0 Å². The topological polar surface area (TPSA) is 42.2 Å². The number of anilines is 1. The van der Waals surface area contributed by atoms with E-state index in [4.69, 9.17) is 4.42 Å². The van der Waals surface area contributed by atoms with E-state index in [-0.39, 0.29) is 6.04 Å². The van der Waals surface area contributed by atoms with Gasteiger partial charge in [0.25, 0.3) is 0 Å². The van der Waals surface area contributed by atoms with Crippen molar-refractivity contribution in [2.24, 2.45) is 0 Å². The zero-order chi connectivity index (χ0) is 14.2. The second-order valence-electron chi connectivity index (χ2n) is 5.22. The third-order valence-electron chi connectivity index (χ3n) is 3.96. The summed E-state index contributed by atoms with van der Waals surface area (Å²) in [6, 6.07) is 8.34. The Morgan fingerprint density at radius 3 is 3.10 bits per heavy atom. The maximum atomic E-state index is 5.62. The van der Waals surface area contributed by atoms with Crippen molar-refractivity contribution in [1.29, 1.82) is 0 Å². The van der Waals surface area contributed by atoms with Crippen LogP contribution in [0.5, 0.6) is 0 Å². The van der Waals surface area contributed by atoms with Crippen molar-refractivity contribution < 1.29 is 4.42 Å². The highest BCUT2D eigenvalue weighted by atomic mass is 79.9. The summed E-state index contributed by atoms with van der Waals surface area (Å²) in [6.45, 7) is 1.02. The largest absolute Gasteiger partial charge is 0.467 e. The van der Waals surface area contributed by atoms with Crippen LogP contribution in [0.1, 0.15) is 24.6 Å². The van der Waals surface area contributed by atoms with Gasteiger partial charge in [0.15, 0.2) is 0 Å². The van der Waals surface area contributed by atoms with Crippen molar-refractivity contribution in [3.8, 4) is 0 Å². The Kier molecular flexibility index (Phi) is 3.15. The van der Waals surface area contributed by atoms with Crippen molar-refractivity contribution in [3.63, 3.8) is 0 Å². The molecule has 1 fully saturated rings. The molecular weight excluding hydrogens is 330 g/mol. The molecule has 0 spiro atoms. The average molecular weight is 344 g/mol. The molecule has 0 saturated carbocycles. The lowest BCUT2D eigenvalue weighted by Gasteiger charge is -2.26. The average Bonchev–Trinajstić information content (AvgIpc) is 3.17. The van der Waals surface area contributed by atoms with E-state index >= 15 is 0 Å². The number of furan rings is 1. The number of rotatable bonds is 2. The summed E-state index contributed by atoms with van der Waals surface area (Å²) in [5.74, 6) is 1.02. The highest BCUT2D eigenvalue weighted by Gasteiger charge is 2.29. The van der Waals surface area contributed by atoms with Crippen LogP contribution in [0.2, 0.25) is 0 Å². The standard InChI is InChI=1S/C16H14BrN3O/c17-11-9-12-16(19-10-11)14(5-6-18-12)20-7-1-3-13(20)15-4-2-8-21-15/h2,4-6,8-10,13H,1,3,7H2. The van der Waals surface area contributed by atoms with Gasteiger partial charge >= 0.3 is 0 Å². The summed E-state index contributed by atoms with van der Waals surface area (Å²) >= 11 is 3.45. The fourth-order valence-corrected chi connectivity index (χ4v) is 3.37. The molecule has 0 radical (unpaired) electrons. The van der Waals surface area contributed by atoms with Crippen LogP contribution >= 0.6 is 15.9 Å². The number of hydrogen-bond donors (Lipinski definition) is 0. The zero-order valence-electron chi connectivity index (χ0n) is 11.4. The van der Waals surface area contributed by atoms with Gasteiger partial charge in [0, 0.05) is 23.4 Å². The highest BCUT2D eigenvalue weighted by Crippen LogP contribution is 2.38. The molecule has 4 rings (SSSR count). The van der Waals surface area contributed by atoms with Crippen LogP contribution in [0.15, 0.2) is 51.8 Å². The highest BCUT2D eigenvalue weighted by molar-refractivity contribution is 9.10. The molecule has 1 unspecified atom stereocenters. The molecule has 1 aliphatic rings. The first-order valence-electron chi connectivity index (χ1n) is 7.03. The molecule has 1 atom stereocenters. The Morgan fingerprint density at radius 1 is 1.29 bits per heavy atom. The molecule has 1 aliphatic heterocycles. The van der Waals surface area contributed by atoms with Gasteiger partial charge in [-0.1, -0.05) is 0 Å². The van der Waals surface area contributed by atoms with Gasteiger partial charge in [0.2, 0.25) is 0 Å². The molecule has 0 amide bonds. The predicted molar refractivity (Wildman–Crippen MR) is 85.3 cm³/mol. The minimum Gasteiger partial charge on any atom is -0.467 e. The summed E-state index contributed by atoms with van der Waals surface area (Å²) in [5.41, 5.74) is 2.98. The molecule has 0 bridgehead atoms. The monoisotopic (exact) mass is 343 g/mol. The smallest absolute Gasteiger partial charge is 0.126 e. The summed E-state index contributed by atoms with van der Waals surface area (Å²) in [5, 5.41) is 0. The summed E-state index contributed by atoms with van der Waals surface area (Å²) < 4.78 is 6.56. The lowest BCUT2D eigenvalue weighted by Crippen LogP contribution is -2.22. The summed E-state index contributed by atoms with van der Waals surface area (Å²) in [7, 11) is 0. The van der Waals surface area contributed by atoms with E-state index in [1.807, 2.05) is 30.6 Å². The molecule has 21 heavy (non-hydrogen) atoms. The molecule has 4 nitrogen and oxygen atoms in total. The lowest BCUT2D eigenvalue weighted by molar-refractivity contribution is 0.465. The van der Waals surface area contributed by atoms with Crippen LogP contribution in [-0.2, 0) is 0 Å². The Morgan fingerprint density at radius 2 is 2.24 bits per heavy atom. The van der Waals surface area contributed by atoms with Crippen molar-refractivity contribution >= 4 is 32.7 Å². The molecular formula is C16H14BrN3O. The van der Waals surface area contributed by atoms with E-state index in [1.165, 1.54) is 0 Å². The van der Waals surface area contributed by atoms with Gasteiger partial charge in [-0.15, -0.1) is 0 Å². The number of aromatic nitrogens is 2. The first kappa shape index (κ1) is 12.8. The van der Waals surface area contributed by atoms with Crippen molar-refractivity contribution in [2.75, 3.05) is 11.4 Å². The minimum atomic E-state index is 0.288. The van der Waals surface area contributed by atoms with Crippen LogP contribution in [0.4, 0.5) is 5.69 Å². The first-order chi connectivity index (χ1) is 10.3. The molecule has 0 N–H and O–H groups in total. The molecule has 4 heterocycles. The van der Waals surface area contributed by atoms with E-state index in [9.17, 15) is 0 Å². The quantitative estimate of drug-likeness (QED) is 0.694. The van der Waals surface area contributed by atoms with E-state index in [2.05, 4.69) is 36.9 Å². The van der Waals surface area contributed by atoms with E-state index in [0.717, 1.165) is 46.3 Å². The van der Waals surface area contributed by atoms with E-state index in [0.29, 0.717) is 0 Å². The van der Waals surface area contributed by atoms with E-state index < -0.39 is 0 Å². The van der Waals surface area contributed by atoms with Crippen molar-refractivity contribution in [2.45, 2.75) is 18.9 Å².